The quantitative estimate of drug-likeness (QED) is 0.167. The Labute approximate surface area is 290 Å². The fourth-order valence-electron chi connectivity index (χ4n) is 6.83. The molecule has 0 aliphatic heterocycles. The van der Waals surface area contributed by atoms with Crippen molar-refractivity contribution in [1.29, 1.82) is 0 Å². The summed E-state index contributed by atoms with van der Waals surface area (Å²) in [5, 5.41) is 1.09. The summed E-state index contributed by atoms with van der Waals surface area (Å²) in [4.78, 5) is 4.70. The van der Waals surface area contributed by atoms with Crippen LogP contribution in [0.15, 0.2) is 103 Å². The average Bonchev–Trinajstić information content (AvgIpc) is 3.53. The van der Waals surface area contributed by atoms with Crippen LogP contribution in [0.25, 0.3) is 38.7 Å². The van der Waals surface area contributed by atoms with Gasteiger partial charge in [0.25, 0.3) is 0 Å². The van der Waals surface area contributed by atoms with Gasteiger partial charge in [0, 0.05) is 6.20 Å². The van der Waals surface area contributed by atoms with Crippen molar-refractivity contribution in [3.05, 3.63) is 124 Å². The SMILES string of the molecule is [2H]c1c([2H])c([2H])c2c(c1[2H])c1ccc(Oc3ccc4c(c3)C(n3[c](=[Pt])n(C([2H])([2H])[2H])c5ccccc53)CCCC4)cc1n2-c1cc(C(C)(C)C)ccn1. The van der Waals surface area contributed by atoms with E-state index in [1.54, 1.807) is 6.20 Å². The zero-order valence-electron chi connectivity index (χ0n) is 32.9. The molecule has 1 atom stereocenters. The Morgan fingerprint density at radius 3 is 2.52 bits per heavy atom. The van der Waals surface area contributed by atoms with Gasteiger partial charge in [0.2, 0.25) is 0 Å². The first kappa shape index (κ1) is 22.3. The topological polar surface area (TPSA) is 36.9 Å². The van der Waals surface area contributed by atoms with Crippen LogP contribution >= 0.6 is 0 Å². The Morgan fingerprint density at radius 1 is 0.870 bits per heavy atom. The van der Waals surface area contributed by atoms with E-state index in [0.717, 1.165) is 42.3 Å². The predicted octanol–water partition coefficient (Wildman–Crippen LogP) is 9.96. The van der Waals surface area contributed by atoms with E-state index in [0.29, 0.717) is 48.4 Å². The molecular formula is C40H38N4OPt. The minimum absolute atomic E-state index is 0.103. The Kier molecular flexibility index (Phi) is 5.46. The third-order valence-corrected chi connectivity index (χ3v) is 10.2. The first-order valence-corrected chi connectivity index (χ1v) is 16.8. The average molecular weight is 793 g/mol. The molecule has 0 saturated heterocycles. The molecule has 0 saturated carbocycles. The van der Waals surface area contributed by atoms with Gasteiger partial charge in [-0.05, 0) is 29.2 Å². The molecule has 1 aliphatic rings. The molecule has 234 valence electrons. The maximum atomic E-state index is 8.95. The summed E-state index contributed by atoms with van der Waals surface area (Å²) in [7, 11) is 0. The fraction of sp³-hybridized carbons (Fsp3) is 0.250. The van der Waals surface area contributed by atoms with E-state index in [1.165, 1.54) is 10.1 Å². The van der Waals surface area contributed by atoms with Gasteiger partial charge in [-0.1, -0.05) is 38.9 Å². The Hall–Kier alpha value is -4.21. The molecule has 6 heteroatoms. The van der Waals surface area contributed by atoms with Crippen LogP contribution in [0.5, 0.6) is 11.5 Å². The number of ether oxygens (including phenoxy) is 1. The standard InChI is InChI=1S/C40H38N4O.Pt/c1-40(2,3)28-21-22-41-39(23-28)44-35-14-8-6-12-31(35)32-20-19-30(25-38(32)44)45-29-18-17-27-11-5-7-13-34(33(27)24-29)43-26-42(4)36-15-9-10-16-37(36)43;/h6,8-10,12,14-25,34H,5,7,11,13H2,1-4H3;/i4D3,6D,8D,12D,14D;. The summed E-state index contributed by atoms with van der Waals surface area (Å²) in [5.41, 5.74) is 5.72. The van der Waals surface area contributed by atoms with Crippen molar-refractivity contribution in [2.75, 3.05) is 0 Å². The minimum Gasteiger partial charge on any atom is -0.239 e. The van der Waals surface area contributed by atoms with Crippen molar-refractivity contribution in [1.82, 2.24) is 18.7 Å². The van der Waals surface area contributed by atoms with Crippen molar-refractivity contribution in [2.45, 2.75) is 57.9 Å². The molecule has 5 nitrogen and oxygen atoms in total. The molecular weight excluding hydrogens is 748 g/mol. The smallest absolute Gasteiger partial charge is 0.239 e. The molecule has 4 aromatic carbocycles. The summed E-state index contributed by atoms with van der Waals surface area (Å²) < 4.78 is 72.5. The van der Waals surface area contributed by atoms with E-state index in [4.69, 9.17) is 19.3 Å². The number of aryl methyl sites for hydroxylation is 2. The third kappa shape index (κ3) is 4.88. The van der Waals surface area contributed by atoms with Crippen LogP contribution in [-0.2, 0) is 38.2 Å². The van der Waals surface area contributed by atoms with Crippen molar-refractivity contribution in [3.8, 4) is 17.3 Å². The van der Waals surface area contributed by atoms with Crippen LogP contribution in [0.1, 0.15) is 72.4 Å². The summed E-state index contributed by atoms with van der Waals surface area (Å²) >= 11 is 2.15. The van der Waals surface area contributed by atoms with Gasteiger partial charge in [-0.3, -0.25) is 0 Å². The molecule has 8 rings (SSSR count). The van der Waals surface area contributed by atoms with E-state index in [2.05, 4.69) is 56.8 Å². The van der Waals surface area contributed by atoms with Gasteiger partial charge in [-0.15, -0.1) is 0 Å². The first-order valence-electron chi connectivity index (χ1n) is 19.1. The van der Waals surface area contributed by atoms with Gasteiger partial charge in [0.1, 0.15) is 0 Å². The second-order valence-electron chi connectivity index (χ2n) is 13.1. The van der Waals surface area contributed by atoms with Gasteiger partial charge in [-0.2, -0.15) is 0 Å². The van der Waals surface area contributed by atoms with Crippen LogP contribution < -0.4 is 4.74 Å². The number of aromatic nitrogens is 4. The number of rotatable bonds is 4. The third-order valence-electron chi connectivity index (χ3n) is 9.15. The van der Waals surface area contributed by atoms with E-state index in [-0.39, 0.29) is 35.6 Å². The Balaban J connectivity index is 1.28. The number of hydrogen-bond acceptors (Lipinski definition) is 2. The zero-order chi connectivity index (χ0) is 37.6. The fourth-order valence-corrected chi connectivity index (χ4v) is 7.73. The number of nitrogens with zero attached hydrogens (tertiary/aromatic N) is 4. The molecule has 0 bridgehead atoms. The molecule has 3 heterocycles. The van der Waals surface area contributed by atoms with Crippen LogP contribution in [0, 0.1) is 3.80 Å². The number of imidazole rings is 1. The van der Waals surface area contributed by atoms with E-state index in [1.807, 2.05) is 65.2 Å². The molecule has 0 radical (unpaired) electrons. The Bertz CT molecular complexity index is 2670. The van der Waals surface area contributed by atoms with Crippen LogP contribution in [0.2, 0.25) is 0 Å². The monoisotopic (exact) mass is 792 g/mol. The minimum atomic E-state index is -2.34. The summed E-state index contributed by atoms with van der Waals surface area (Å²) in [6.45, 7) is 4.02. The molecule has 7 aromatic rings. The molecule has 0 N–H and O–H groups in total. The van der Waals surface area contributed by atoms with Crippen molar-refractivity contribution in [2.24, 2.45) is 6.98 Å². The van der Waals surface area contributed by atoms with Crippen molar-refractivity contribution >= 4 is 32.8 Å². The predicted molar refractivity (Wildman–Crippen MR) is 184 cm³/mol. The number of fused-ring (bicyclic) bond motifs is 5. The number of hydrogen-bond donors (Lipinski definition) is 0. The van der Waals surface area contributed by atoms with E-state index in [9.17, 15) is 0 Å². The molecule has 0 amide bonds. The summed E-state index contributed by atoms with van der Waals surface area (Å²) in [5.74, 6) is 1.72. The van der Waals surface area contributed by atoms with Gasteiger partial charge in [0.05, 0.1) is 5.48 Å². The van der Waals surface area contributed by atoms with E-state index >= 15 is 0 Å². The van der Waals surface area contributed by atoms with Gasteiger partial charge in [-0.25, -0.2) is 4.98 Å². The van der Waals surface area contributed by atoms with Crippen molar-refractivity contribution < 1.29 is 33.7 Å². The molecule has 1 unspecified atom stereocenters. The Morgan fingerprint density at radius 2 is 1.67 bits per heavy atom. The summed E-state index contributed by atoms with van der Waals surface area (Å²) in [6.07, 6.45) is 5.52. The van der Waals surface area contributed by atoms with E-state index < -0.39 is 6.98 Å². The van der Waals surface area contributed by atoms with Crippen LogP contribution in [0.3, 0.4) is 0 Å². The maximum absolute atomic E-state index is 8.95. The second kappa shape index (κ2) is 11.2. The number of benzene rings is 4. The van der Waals surface area contributed by atoms with Crippen LogP contribution in [0.4, 0.5) is 0 Å². The van der Waals surface area contributed by atoms with Gasteiger partial charge in [0.15, 0.2) is 0 Å². The van der Waals surface area contributed by atoms with Crippen LogP contribution in [-0.4, -0.2) is 18.7 Å². The molecule has 0 fully saturated rings. The molecule has 1 aliphatic carbocycles. The zero-order valence-corrected chi connectivity index (χ0v) is 28.2. The number of pyridine rings is 1. The molecule has 0 spiro atoms. The van der Waals surface area contributed by atoms with Crippen molar-refractivity contribution in [3.63, 3.8) is 0 Å². The second-order valence-corrected chi connectivity index (χ2v) is 14.1. The number of para-hydroxylation sites is 3. The molecule has 46 heavy (non-hydrogen) atoms. The first-order chi connectivity index (χ1) is 25.1. The van der Waals surface area contributed by atoms with Gasteiger partial charge < -0.3 is 0 Å². The normalized spacial score (nSPS) is 17.8. The summed E-state index contributed by atoms with van der Waals surface area (Å²) in [6, 6.07) is 22.4. The van der Waals surface area contributed by atoms with Gasteiger partial charge >= 0.3 is 206 Å². The molecule has 3 aromatic heterocycles.